The van der Waals surface area contributed by atoms with E-state index in [9.17, 15) is 4.39 Å². The van der Waals surface area contributed by atoms with Crippen molar-refractivity contribution in [1.82, 2.24) is 5.32 Å². The maximum absolute atomic E-state index is 14.2. The van der Waals surface area contributed by atoms with Crippen LogP contribution in [0.2, 0.25) is 5.02 Å². The molecule has 0 bridgehead atoms. The molecule has 1 saturated heterocycles. The second-order valence-corrected chi connectivity index (χ2v) is 5.91. The largest absolute Gasteiger partial charge is 0.363 e. The number of anilines is 1. The molecule has 3 rings (SSSR count). The van der Waals surface area contributed by atoms with Gasteiger partial charge in [-0.05, 0) is 30.7 Å². The number of benzene rings is 2. The van der Waals surface area contributed by atoms with Gasteiger partial charge in [-0.1, -0.05) is 41.9 Å². The summed E-state index contributed by atoms with van der Waals surface area (Å²) in [7, 11) is 0. The summed E-state index contributed by atoms with van der Waals surface area (Å²) < 4.78 is 14.2. The molecular weight excluding hydrogens is 287 g/mol. The van der Waals surface area contributed by atoms with Crippen molar-refractivity contribution in [2.24, 2.45) is 0 Å². The van der Waals surface area contributed by atoms with E-state index in [0.29, 0.717) is 10.7 Å². The summed E-state index contributed by atoms with van der Waals surface area (Å²) in [5, 5.41) is 3.95. The lowest BCUT2D eigenvalue weighted by molar-refractivity contribution is 0.410. The van der Waals surface area contributed by atoms with Gasteiger partial charge >= 0.3 is 0 Å². The minimum absolute atomic E-state index is 0.206. The molecule has 1 N–H and O–H groups in total. The molecule has 0 aromatic heterocycles. The van der Waals surface area contributed by atoms with Crippen LogP contribution in [0.3, 0.4) is 0 Å². The molecule has 1 aliphatic heterocycles. The molecule has 1 aliphatic rings. The van der Waals surface area contributed by atoms with Crippen molar-refractivity contribution >= 4 is 17.3 Å². The van der Waals surface area contributed by atoms with E-state index < -0.39 is 0 Å². The van der Waals surface area contributed by atoms with E-state index in [1.807, 2.05) is 18.2 Å². The second-order valence-electron chi connectivity index (χ2n) is 5.47. The van der Waals surface area contributed by atoms with Gasteiger partial charge in [-0.15, -0.1) is 0 Å². The molecule has 0 aliphatic carbocycles. The first-order valence-corrected chi connectivity index (χ1v) is 7.53. The van der Waals surface area contributed by atoms with Crippen molar-refractivity contribution in [3.63, 3.8) is 0 Å². The Labute approximate surface area is 129 Å². The van der Waals surface area contributed by atoms with Crippen molar-refractivity contribution in [2.45, 2.75) is 19.0 Å². The van der Waals surface area contributed by atoms with Crippen molar-refractivity contribution in [2.75, 3.05) is 18.0 Å². The predicted octanol–water partition coefficient (Wildman–Crippen LogP) is 4.02. The van der Waals surface area contributed by atoms with Crippen LogP contribution < -0.4 is 10.2 Å². The Balaban J connectivity index is 1.87. The summed E-state index contributed by atoms with van der Waals surface area (Å²) in [6.07, 6.45) is 0. The van der Waals surface area contributed by atoms with E-state index in [4.69, 9.17) is 11.6 Å². The summed E-state index contributed by atoms with van der Waals surface area (Å²) in [6.45, 7) is 3.66. The molecule has 2 atom stereocenters. The van der Waals surface area contributed by atoms with Crippen LogP contribution in [0.25, 0.3) is 0 Å². The highest BCUT2D eigenvalue weighted by Crippen LogP contribution is 2.29. The maximum Gasteiger partial charge on any atom is 0.147 e. The smallest absolute Gasteiger partial charge is 0.147 e. The Kier molecular flexibility index (Phi) is 4.13. The van der Waals surface area contributed by atoms with Gasteiger partial charge in [-0.3, -0.25) is 0 Å². The van der Waals surface area contributed by atoms with Gasteiger partial charge < -0.3 is 10.2 Å². The van der Waals surface area contributed by atoms with Crippen molar-refractivity contribution in [3.05, 3.63) is 64.9 Å². The monoisotopic (exact) mass is 304 g/mol. The minimum atomic E-state index is -0.261. The van der Waals surface area contributed by atoms with Crippen LogP contribution >= 0.6 is 11.6 Å². The summed E-state index contributed by atoms with van der Waals surface area (Å²) in [6, 6.07) is 15.6. The lowest BCUT2D eigenvalue weighted by Gasteiger charge is -2.40. The van der Waals surface area contributed by atoms with E-state index in [1.54, 1.807) is 12.1 Å². The van der Waals surface area contributed by atoms with Gasteiger partial charge in [0.15, 0.2) is 0 Å². The third-order valence-corrected chi connectivity index (χ3v) is 4.23. The lowest BCUT2D eigenvalue weighted by Crippen LogP contribution is -2.51. The Morgan fingerprint density at radius 3 is 2.67 bits per heavy atom. The molecule has 110 valence electrons. The normalized spacial score (nSPS) is 22.3. The van der Waals surface area contributed by atoms with Crippen LogP contribution in [0.4, 0.5) is 10.1 Å². The molecular formula is C17H18ClFN2. The summed E-state index contributed by atoms with van der Waals surface area (Å²) >= 11 is 5.85. The second kappa shape index (κ2) is 6.04. The average molecular weight is 305 g/mol. The number of halogens is 2. The first kappa shape index (κ1) is 14.4. The molecule has 0 saturated carbocycles. The highest BCUT2D eigenvalue weighted by atomic mass is 35.5. The number of nitrogens with zero attached hydrogens (tertiary/aromatic N) is 1. The van der Waals surface area contributed by atoms with Gasteiger partial charge in [0.05, 0.1) is 5.69 Å². The minimum Gasteiger partial charge on any atom is -0.363 e. The van der Waals surface area contributed by atoms with E-state index >= 15 is 0 Å². The molecule has 0 radical (unpaired) electrons. The third-order valence-electron chi connectivity index (χ3n) is 3.99. The molecule has 4 heteroatoms. The quantitative estimate of drug-likeness (QED) is 0.901. The van der Waals surface area contributed by atoms with Crippen LogP contribution in [-0.4, -0.2) is 19.1 Å². The van der Waals surface area contributed by atoms with Crippen LogP contribution in [0.15, 0.2) is 48.5 Å². The van der Waals surface area contributed by atoms with Gasteiger partial charge in [-0.25, -0.2) is 4.39 Å². The van der Waals surface area contributed by atoms with E-state index in [1.165, 1.54) is 11.6 Å². The zero-order chi connectivity index (χ0) is 14.8. The number of rotatable bonds is 2. The number of nitrogens with one attached hydrogen (secondary N) is 1. The standard InChI is InChI=1S/C17H18ClFN2/c1-12-10-20-16(13-5-3-2-4-6-13)11-21(12)17-8-7-14(18)9-15(17)19/h2-9,12,16,20H,10-11H2,1H3. The van der Waals surface area contributed by atoms with Crippen molar-refractivity contribution in [1.29, 1.82) is 0 Å². The summed E-state index contributed by atoms with van der Waals surface area (Å²) in [4.78, 5) is 2.11. The summed E-state index contributed by atoms with van der Waals surface area (Å²) in [5.74, 6) is -0.261. The van der Waals surface area contributed by atoms with Crippen LogP contribution in [-0.2, 0) is 0 Å². The molecule has 0 amide bonds. The number of hydrogen-bond donors (Lipinski definition) is 1. The SMILES string of the molecule is CC1CNC(c2ccccc2)CN1c1ccc(Cl)cc1F. The zero-order valence-electron chi connectivity index (χ0n) is 11.9. The van der Waals surface area contributed by atoms with Gasteiger partial charge in [0.25, 0.3) is 0 Å². The fourth-order valence-corrected chi connectivity index (χ4v) is 2.98. The van der Waals surface area contributed by atoms with Gasteiger partial charge in [0, 0.05) is 30.2 Å². The molecule has 21 heavy (non-hydrogen) atoms. The van der Waals surface area contributed by atoms with Gasteiger partial charge in [-0.2, -0.15) is 0 Å². The Hall–Kier alpha value is -1.58. The molecule has 1 heterocycles. The summed E-state index contributed by atoms with van der Waals surface area (Å²) in [5.41, 5.74) is 1.85. The van der Waals surface area contributed by atoms with Crippen LogP contribution in [0, 0.1) is 5.82 Å². The van der Waals surface area contributed by atoms with E-state index in [2.05, 4.69) is 29.3 Å². The van der Waals surface area contributed by atoms with Crippen molar-refractivity contribution in [3.8, 4) is 0 Å². The Morgan fingerprint density at radius 2 is 1.95 bits per heavy atom. The Morgan fingerprint density at radius 1 is 1.19 bits per heavy atom. The van der Waals surface area contributed by atoms with E-state index in [0.717, 1.165) is 13.1 Å². The first-order valence-electron chi connectivity index (χ1n) is 7.15. The number of hydrogen-bond acceptors (Lipinski definition) is 2. The van der Waals surface area contributed by atoms with Gasteiger partial charge in [0.2, 0.25) is 0 Å². The fourth-order valence-electron chi connectivity index (χ4n) is 2.82. The maximum atomic E-state index is 14.2. The highest BCUT2D eigenvalue weighted by molar-refractivity contribution is 6.30. The molecule has 2 aromatic rings. The van der Waals surface area contributed by atoms with Crippen molar-refractivity contribution < 1.29 is 4.39 Å². The molecule has 2 aromatic carbocycles. The van der Waals surface area contributed by atoms with Crippen LogP contribution in [0.1, 0.15) is 18.5 Å². The first-order chi connectivity index (χ1) is 10.1. The van der Waals surface area contributed by atoms with Crippen LogP contribution in [0.5, 0.6) is 0 Å². The third kappa shape index (κ3) is 3.04. The molecule has 0 spiro atoms. The molecule has 1 fully saturated rings. The van der Waals surface area contributed by atoms with Gasteiger partial charge in [0.1, 0.15) is 5.82 Å². The Bertz CT molecular complexity index is 617. The average Bonchev–Trinajstić information content (AvgIpc) is 2.49. The highest BCUT2D eigenvalue weighted by Gasteiger charge is 2.27. The fraction of sp³-hybridized carbons (Fsp3) is 0.294. The lowest BCUT2D eigenvalue weighted by atomic mass is 10.0. The molecule has 2 unspecified atom stereocenters. The van der Waals surface area contributed by atoms with E-state index in [-0.39, 0.29) is 17.9 Å². The topological polar surface area (TPSA) is 15.3 Å². The zero-order valence-corrected chi connectivity index (χ0v) is 12.6. The predicted molar refractivity (Wildman–Crippen MR) is 85.4 cm³/mol. The molecule has 2 nitrogen and oxygen atoms in total. The number of piperazine rings is 1.